The first-order valence-electron chi connectivity index (χ1n) is 3.44. The SMILES string of the molecule is CC1=NCc2c(nnn2C)N1. The van der Waals surface area contributed by atoms with E-state index in [1.54, 1.807) is 4.68 Å². The van der Waals surface area contributed by atoms with Gasteiger partial charge in [-0.1, -0.05) is 5.21 Å². The van der Waals surface area contributed by atoms with Gasteiger partial charge in [0.1, 0.15) is 5.69 Å². The lowest BCUT2D eigenvalue weighted by atomic mass is 10.3. The van der Waals surface area contributed by atoms with E-state index in [0.717, 1.165) is 17.3 Å². The fourth-order valence-electron chi connectivity index (χ4n) is 1.06. The van der Waals surface area contributed by atoms with Crippen molar-refractivity contribution < 1.29 is 0 Å². The van der Waals surface area contributed by atoms with Crippen LogP contribution in [0.3, 0.4) is 0 Å². The Bertz CT molecular complexity index is 311. The summed E-state index contributed by atoms with van der Waals surface area (Å²) in [5.41, 5.74) is 1.04. The van der Waals surface area contributed by atoms with Crippen molar-refractivity contribution in [1.29, 1.82) is 0 Å². The van der Waals surface area contributed by atoms with Gasteiger partial charge in [-0.25, -0.2) is 4.68 Å². The van der Waals surface area contributed by atoms with Crippen molar-refractivity contribution in [2.75, 3.05) is 5.32 Å². The van der Waals surface area contributed by atoms with Crippen LogP contribution in [0.4, 0.5) is 5.82 Å². The van der Waals surface area contributed by atoms with Crippen LogP contribution in [-0.2, 0) is 13.6 Å². The van der Waals surface area contributed by atoms with Gasteiger partial charge >= 0.3 is 0 Å². The maximum absolute atomic E-state index is 4.21. The van der Waals surface area contributed by atoms with E-state index in [2.05, 4.69) is 20.6 Å². The lowest BCUT2D eigenvalue weighted by molar-refractivity contribution is 0.678. The number of nitrogens with one attached hydrogen (secondary N) is 1. The minimum atomic E-state index is 0.678. The van der Waals surface area contributed by atoms with Crippen LogP contribution in [0.25, 0.3) is 0 Å². The minimum Gasteiger partial charge on any atom is -0.326 e. The molecule has 0 aromatic carbocycles. The highest BCUT2D eigenvalue weighted by molar-refractivity contribution is 5.94. The van der Waals surface area contributed by atoms with Crippen molar-refractivity contribution in [2.24, 2.45) is 12.0 Å². The molecule has 0 aliphatic carbocycles. The highest BCUT2D eigenvalue weighted by Gasteiger charge is 2.13. The van der Waals surface area contributed by atoms with Crippen molar-refractivity contribution in [1.82, 2.24) is 15.0 Å². The lowest BCUT2D eigenvalue weighted by Gasteiger charge is -2.09. The number of amidine groups is 1. The van der Waals surface area contributed by atoms with Crippen LogP contribution in [0.15, 0.2) is 4.99 Å². The highest BCUT2D eigenvalue weighted by atomic mass is 15.5. The van der Waals surface area contributed by atoms with Crippen LogP contribution in [0.1, 0.15) is 12.6 Å². The number of hydrogen-bond acceptors (Lipinski definition) is 4. The monoisotopic (exact) mass is 151 g/mol. The number of anilines is 1. The predicted octanol–water partition coefficient (Wildman–Crippen LogP) is 0.159. The molecule has 5 heteroatoms. The first-order chi connectivity index (χ1) is 5.27. The Morgan fingerprint density at radius 1 is 1.55 bits per heavy atom. The average Bonchev–Trinajstić information content (AvgIpc) is 2.32. The van der Waals surface area contributed by atoms with Gasteiger partial charge in [-0.05, 0) is 6.92 Å². The molecule has 1 aromatic heterocycles. The van der Waals surface area contributed by atoms with E-state index in [1.165, 1.54) is 0 Å². The molecule has 2 rings (SSSR count). The van der Waals surface area contributed by atoms with Crippen molar-refractivity contribution in [3.8, 4) is 0 Å². The fraction of sp³-hybridized carbons (Fsp3) is 0.500. The Hall–Kier alpha value is -1.39. The van der Waals surface area contributed by atoms with Crippen LogP contribution >= 0.6 is 0 Å². The maximum Gasteiger partial charge on any atom is 0.179 e. The molecule has 11 heavy (non-hydrogen) atoms. The molecular weight excluding hydrogens is 142 g/mol. The normalized spacial score (nSPS) is 15.3. The maximum atomic E-state index is 4.21. The molecule has 1 aliphatic heterocycles. The zero-order valence-corrected chi connectivity index (χ0v) is 6.50. The van der Waals surface area contributed by atoms with Gasteiger partial charge in [0, 0.05) is 7.05 Å². The van der Waals surface area contributed by atoms with Crippen molar-refractivity contribution in [3.05, 3.63) is 5.69 Å². The number of aromatic nitrogens is 3. The lowest BCUT2D eigenvalue weighted by Crippen LogP contribution is -2.15. The molecule has 1 aliphatic rings. The summed E-state index contributed by atoms with van der Waals surface area (Å²) < 4.78 is 1.73. The summed E-state index contributed by atoms with van der Waals surface area (Å²) in [7, 11) is 1.86. The molecule has 1 N–H and O–H groups in total. The second-order valence-corrected chi connectivity index (χ2v) is 2.53. The molecule has 0 amide bonds. The number of nitrogens with zero attached hydrogens (tertiary/aromatic N) is 4. The van der Waals surface area contributed by atoms with Gasteiger partial charge in [-0.2, -0.15) is 0 Å². The summed E-state index contributed by atoms with van der Waals surface area (Å²) in [6.07, 6.45) is 0. The summed E-state index contributed by atoms with van der Waals surface area (Å²) in [6, 6.07) is 0. The molecule has 0 saturated carbocycles. The zero-order chi connectivity index (χ0) is 7.84. The van der Waals surface area contributed by atoms with Gasteiger partial charge in [-0.15, -0.1) is 5.10 Å². The first kappa shape index (κ1) is 6.33. The average molecular weight is 151 g/mol. The summed E-state index contributed by atoms with van der Waals surface area (Å²) in [6.45, 7) is 2.59. The minimum absolute atomic E-state index is 0.678. The molecule has 0 radical (unpaired) electrons. The molecule has 0 bridgehead atoms. The van der Waals surface area contributed by atoms with Crippen molar-refractivity contribution in [3.63, 3.8) is 0 Å². The molecule has 1 aromatic rings. The van der Waals surface area contributed by atoms with E-state index in [-0.39, 0.29) is 0 Å². The third-order valence-corrected chi connectivity index (χ3v) is 1.71. The van der Waals surface area contributed by atoms with Crippen LogP contribution in [-0.4, -0.2) is 20.8 Å². The van der Waals surface area contributed by atoms with Gasteiger partial charge in [0.05, 0.1) is 12.4 Å². The third kappa shape index (κ3) is 0.886. The number of rotatable bonds is 0. The second-order valence-electron chi connectivity index (χ2n) is 2.53. The standard InChI is InChI=1S/C6H9N5/c1-4-7-3-5-6(8-4)9-10-11(5)2/h3H2,1-2H3,(H,7,8). The van der Waals surface area contributed by atoms with Gasteiger partial charge in [0.15, 0.2) is 5.82 Å². The summed E-state index contributed by atoms with van der Waals surface area (Å²) in [4.78, 5) is 4.21. The van der Waals surface area contributed by atoms with Crippen LogP contribution < -0.4 is 5.32 Å². The molecular formula is C6H9N5. The topological polar surface area (TPSA) is 55.1 Å². The smallest absolute Gasteiger partial charge is 0.179 e. The number of hydrogen-bond donors (Lipinski definition) is 1. The van der Waals surface area contributed by atoms with Crippen LogP contribution in [0, 0.1) is 0 Å². The largest absolute Gasteiger partial charge is 0.326 e. The van der Waals surface area contributed by atoms with E-state index in [1.807, 2.05) is 14.0 Å². The quantitative estimate of drug-likeness (QED) is 0.574. The Morgan fingerprint density at radius 2 is 2.36 bits per heavy atom. The van der Waals surface area contributed by atoms with Crippen molar-refractivity contribution >= 4 is 11.7 Å². The highest BCUT2D eigenvalue weighted by Crippen LogP contribution is 2.15. The Morgan fingerprint density at radius 3 is 3.18 bits per heavy atom. The summed E-state index contributed by atoms with van der Waals surface area (Å²) >= 11 is 0. The predicted molar refractivity (Wildman–Crippen MR) is 41.4 cm³/mol. The fourth-order valence-corrected chi connectivity index (χ4v) is 1.06. The number of aliphatic imine (C=N–C) groups is 1. The van der Waals surface area contributed by atoms with E-state index in [0.29, 0.717) is 6.54 Å². The molecule has 5 nitrogen and oxygen atoms in total. The summed E-state index contributed by atoms with van der Waals surface area (Å²) in [5, 5.41) is 10.8. The molecule has 0 fully saturated rings. The number of fused-ring (bicyclic) bond motifs is 1. The van der Waals surface area contributed by atoms with E-state index in [9.17, 15) is 0 Å². The Balaban J connectivity index is 2.44. The van der Waals surface area contributed by atoms with E-state index < -0.39 is 0 Å². The van der Waals surface area contributed by atoms with Crippen LogP contribution in [0.5, 0.6) is 0 Å². The molecule has 0 unspecified atom stereocenters. The Labute approximate surface area is 64.1 Å². The summed E-state index contributed by atoms with van der Waals surface area (Å²) in [5.74, 6) is 1.73. The van der Waals surface area contributed by atoms with E-state index >= 15 is 0 Å². The van der Waals surface area contributed by atoms with Gasteiger partial charge < -0.3 is 5.32 Å². The molecule has 0 saturated heterocycles. The zero-order valence-electron chi connectivity index (χ0n) is 6.50. The molecule has 58 valence electrons. The molecule has 2 heterocycles. The van der Waals surface area contributed by atoms with Gasteiger partial charge in [0.25, 0.3) is 0 Å². The number of aryl methyl sites for hydroxylation is 1. The molecule has 0 atom stereocenters. The second kappa shape index (κ2) is 2.05. The van der Waals surface area contributed by atoms with E-state index in [4.69, 9.17) is 0 Å². The first-order valence-corrected chi connectivity index (χ1v) is 3.44. The van der Waals surface area contributed by atoms with Crippen molar-refractivity contribution in [2.45, 2.75) is 13.5 Å². The van der Waals surface area contributed by atoms with Crippen LogP contribution in [0.2, 0.25) is 0 Å². The van der Waals surface area contributed by atoms with Gasteiger partial charge in [-0.3, -0.25) is 4.99 Å². The molecule has 0 spiro atoms. The van der Waals surface area contributed by atoms with Gasteiger partial charge in [0.2, 0.25) is 0 Å². The third-order valence-electron chi connectivity index (χ3n) is 1.71. The Kier molecular flexibility index (Phi) is 1.18.